The van der Waals surface area contributed by atoms with E-state index in [1.165, 1.54) is 0 Å². The average molecular weight is 245 g/mol. The molecule has 1 saturated heterocycles. The zero-order valence-electron chi connectivity index (χ0n) is 10.4. The molecule has 0 radical (unpaired) electrons. The van der Waals surface area contributed by atoms with Crippen molar-refractivity contribution in [3.63, 3.8) is 0 Å². The summed E-state index contributed by atoms with van der Waals surface area (Å²) in [6.07, 6.45) is 2.91. The smallest absolute Gasteiger partial charge is 0.156 e. The van der Waals surface area contributed by atoms with Crippen molar-refractivity contribution in [1.29, 1.82) is 0 Å². The van der Waals surface area contributed by atoms with Crippen LogP contribution in [0.15, 0.2) is 5.16 Å². The Morgan fingerprint density at radius 2 is 2.18 bits per heavy atom. The number of nitrogens with zero attached hydrogens (tertiary/aromatic N) is 2. The molecule has 0 bridgehead atoms. The highest BCUT2D eigenvalue weighted by Crippen LogP contribution is 2.17. The van der Waals surface area contributed by atoms with Crippen LogP contribution >= 0.6 is 0 Å². The summed E-state index contributed by atoms with van der Waals surface area (Å²) in [5.41, 5.74) is 5.67. The lowest BCUT2D eigenvalue weighted by Gasteiger charge is -2.36. The van der Waals surface area contributed by atoms with Gasteiger partial charge in [0.25, 0.3) is 0 Å². The number of hydrogen-bond donors (Lipinski definition) is 3. The molecule has 1 heterocycles. The van der Waals surface area contributed by atoms with Crippen molar-refractivity contribution >= 4 is 5.84 Å². The summed E-state index contributed by atoms with van der Waals surface area (Å²) < 4.78 is 5.49. The number of aliphatic hydroxyl groups excluding tert-OH is 1. The molecule has 1 rings (SSSR count). The number of amidine groups is 1. The maximum absolute atomic E-state index is 8.72. The van der Waals surface area contributed by atoms with Gasteiger partial charge in [0.15, 0.2) is 5.84 Å². The highest BCUT2D eigenvalue weighted by Gasteiger charge is 2.26. The molecule has 0 aromatic carbocycles. The number of likely N-dealkylation sites (tertiary alicyclic amines) is 1. The number of oxime groups is 1. The van der Waals surface area contributed by atoms with Crippen molar-refractivity contribution in [2.75, 3.05) is 26.3 Å². The zero-order valence-corrected chi connectivity index (χ0v) is 10.4. The lowest BCUT2D eigenvalue weighted by Crippen LogP contribution is -2.49. The third-order valence-corrected chi connectivity index (χ3v) is 3.21. The Balaban J connectivity index is 2.39. The molecular weight excluding hydrogens is 222 g/mol. The van der Waals surface area contributed by atoms with Crippen LogP contribution in [0.1, 0.15) is 26.2 Å². The zero-order chi connectivity index (χ0) is 12.7. The van der Waals surface area contributed by atoms with Gasteiger partial charge in [0, 0.05) is 13.1 Å². The second kappa shape index (κ2) is 7.47. The van der Waals surface area contributed by atoms with E-state index in [9.17, 15) is 0 Å². The second-order valence-corrected chi connectivity index (χ2v) is 4.28. The van der Waals surface area contributed by atoms with Gasteiger partial charge >= 0.3 is 0 Å². The number of aliphatic hydroxyl groups is 1. The lowest BCUT2D eigenvalue weighted by molar-refractivity contribution is -0.0111. The summed E-state index contributed by atoms with van der Waals surface area (Å²) >= 11 is 0. The maximum atomic E-state index is 8.72. The van der Waals surface area contributed by atoms with Crippen molar-refractivity contribution < 1.29 is 15.1 Å². The predicted octanol–water partition coefficient (Wildman–Crippen LogP) is -0.0153. The van der Waals surface area contributed by atoms with Crippen LogP contribution in [0, 0.1) is 0 Å². The summed E-state index contributed by atoms with van der Waals surface area (Å²) in [6, 6.07) is 0.0128. The molecule has 0 aromatic rings. The minimum atomic E-state index is 0.0128. The van der Waals surface area contributed by atoms with E-state index < -0.39 is 0 Å². The summed E-state index contributed by atoms with van der Waals surface area (Å²) in [6.45, 7) is 4.26. The molecule has 6 nitrogen and oxygen atoms in total. The molecule has 1 atom stereocenters. The first-order valence-corrected chi connectivity index (χ1v) is 6.16. The van der Waals surface area contributed by atoms with Gasteiger partial charge < -0.3 is 20.8 Å². The molecule has 0 aliphatic carbocycles. The summed E-state index contributed by atoms with van der Waals surface area (Å²) in [7, 11) is 0. The summed E-state index contributed by atoms with van der Waals surface area (Å²) in [5.74, 6) is 0.280. The van der Waals surface area contributed by atoms with Gasteiger partial charge in [-0.2, -0.15) is 0 Å². The highest BCUT2D eigenvalue weighted by molar-refractivity contribution is 5.85. The van der Waals surface area contributed by atoms with Gasteiger partial charge in [0.05, 0.1) is 25.4 Å². The SMILES string of the molecule is CCC(C(N)=NO)N1CCC(OCCO)CC1. The van der Waals surface area contributed by atoms with E-state index in [-0.39, 0.29) is 24.6 Å². The Morgan fingerprint density at radius 3 is 2.65 bits per heavy atom. The van der Waals surface area contributed by atoms with E-state index in [0.29, 0.717) is 6.61 Å². The molecule has 100 valence electrons. The van der Waals surface area contributed by atoms with E-state index in [1.807, 2.05) is 6.92 Å². The average Bonchev–Trinajstić information content (AvgIpc) is 2.38. The first-order valence-electron chi connectivity index (χ1n) is 6.16. The lowest BCUT2D eigenvalue weighted by atomic mass is 10.0. The molecule has 0 spiro atoms. The molecule has 0 aromatic heterocycles. The fraction of sp³-hybridized carbons (Fsp3) is 0.909. The van der Waals surface area contributed by atoms with Crippen LogP contribution in [0.3, 0.4) is 0 Å². The van der Waals surface area contributed by atoms with Gasteiger partial charge in [-0.1, -0.05) is 12.1 Å². The van der Waals surface area contributed by atoms with Gasteiger partial charge in [-0.05, 0) is 19.3 Å². The number of ether oxygens (including phenoxy) is 1. The standard InChI is InChI=1S/C11H23N3O3/c1-2-10(11(12)13-16)14-5-3-9(4-6-14)17-8-7-15/h9-10,15-16H,2-8H2,1H3,(H2,12,13). The predicted molar refractivity (Wildman–Crippen MR) is 65.1 cm³/mol. The molecule has 6 heteroatoms. The largest absolute Gasteiger partial charge is 0.409 e. The Bertz CT molecular complexity index is 240. The van der Waals surface area contributed by atoms with E-state index in [1.54, 1.807) is 0 Å². The van der Waals surface area contributed by atoms with Crippen molar-refractivity contribution in [2.45, 2.75) is 38.3 Å². The minimum Gasteiger partial charge on any atom is -0.409 e. The van der Waals surface area contributed by atoms with Gasteiger partial charge in [0.1, 0.15) is 0 Å². The molecule has 4 N–H and O–H groups in total. The molecule has 0 saturated carbocycles. The topological polar surface area (TPSA) is 91.3 Å². The van der Waals surface area contributed by atoms with Crippen molar-refractivity contribution in [3.05, 3.63) is 0 Å². The van der Waals surface area contributed by atoms with Crippen LogP contribution in [-0.4, -0.2) is 59.5 Å². The van der Waals surface area contributed by atoms with E-state index in [2.05, 4.69) is 10.1 Å². The Kier molecular flexibility index (Phi) is 6.25. The fourth-order valence-corrected chi connectivity index (χ4v) is 2.29. The molecule has 0 amide bonds. The van der Waals surface area contributed by atoms with Crippen LogP contribution in [-0.2, 0) is 4.74 Å². The third kappa shape index (κ3) is 4.14. The van der Waals surface area contributed by atoms with Crippen LogP contribution in [0.4, 0.5) is 0 Å². The fourth-order valence-electron chi connectivity index (χ4n) is 2.29. The highest BCUT2D eigenvalue weighted by atomic mass is 16.5. The van der Waals surface area contributed by atoms with Crippen LogP contribution in [0.5, 0.6) is 0 Å². The van der Waals surface area contributed by atoms with Crippen molar-refractivity contribution in [1.82, 2.24) is 4.90 Å². The number of nitrogens with two attached hydrogens (primary N) is 1. The number of piperidine rings is 1. The monoisotopic (exact) mass is 245 g/mol. The Hall–Kier alpha value is -0.850. The molecular formula is C11H23N3O3. The van der Waals surface area contributed by atoms with Crippen molar-refractivity contribution in [2.24, 2.45) is 10.9 Å². The van der Waals surface area contributed by atoms with Gasteiger partial charge in [-0.15, -0.1) is 0 Å². The third-order valence-electron chi connectivity index (χ3n) is 3.21. The van der Waals surface area contributed by atoms with Crippen LogP contribution < -0.4 is 5.73 Å². The van der Waals surface area contributed by atoms with Crippen LogP contribution in [0.25, 0.3) is 0 Å². The van der Waals surface area contributed by atoms with Crippen molar-refractivity contribution in [3.8, 4) is 0 Å². The normalized spacial score (nSPS) is 21.6. The quantitative estimate of drug-likeness (QED) is 0.265. The molecule has 1 fully saturated rings. The van der Waals surface area contributed by atoms with Gasteiger partial charge in [0.2, 0.25) is 0 Å². The molecule has 1 unspecified atom stereocenters. The summed E-state index contributed by atoms with van der Waals surface area (Å²) in [4.78, 5) is 2.22. The molecule has 1 aliphatic heterocycles. The number of hydrogen-bond acceptors (Lipinski definition) is 5. The van der Waals surface area contributed by atoms with E-state index in [0.717, 1.165) is 32.4 Å². The number of rotatable bonds is 6. The molecule has 17 heavy (non-hydrogen) atoms. The Labute approximate surface area is 102 Å². The van der Waals surface area contributed by atoms with Gasteiger partial charge in [-0.3, -0.25) is 4.90 Å². The first kappa shape index (κ1) is 14.2. The maximum Gasteiger partial charge on any atom is 0.156 e. The van der Waals surface area contributed by atoms with E-state index >= 15 is 0 Å². The first-order chi connectivity index (χ1) is 8.22. The second-order valence-electron chi connectivity index (χ2n) is 4.28. The van der Waals surface area contributed by atoms with E-state index in [4.69, 9.17) is 20.8 Å². The summed E-state index contributed by atoms with van der Waals surface area (Å²) in [5, 5.41) is 20.5. The van der Waals surface area contributed by atoms with Crippen LogP contribution in [0.2, 0.25) is 0 Å². The molecule has 1 aliphatic rings. The Morgan fingerprint density at radius 1 is 1.53 bits per heavy atom. The minimum absolute atomic E-state index is 0.0128. The van der Waals surface area contributed by atoms with Gasteiger partial charge in [-0.25, -0.2) is 0 Å².